The Morgan fingerprint density at radius 1 is 1.27 bits per heavy atom. The average Bonchev–Trinajstić information content (AvgIpc) is 3.13. The number of carbonyl (C=O) groups excluding carboxylic acids is 1. The van der Waals surface area contributed by atoms with Crippen molar-refractivity contribution in [1.82, 2.24) is 19.6 Å². The second-order valence-corrected chi connectivity index (χ2v) is 4.99. The van der Waals surface area contributed by atoms with Gasteiger partial charge in [-0.2, -0.15) is 5.10 Å². The molecule has 1 amide bonds. The molecule has 7 heteroatoms. The molecule has 0 aliphatic rings. The number of fused-ring (bicyclic) bond motifs is 2. The third-order valence-corrected chi connectivity index (χ3v) is 3.74. The maximum absolute atomic E-state index is 11.8. The SMILES string of the molecule is NC(=O)c1c(N)c(-c2cccc3[nH]ncc23)cn2ccnc12. The topological polar surface area (TPSA) is 115 Å². The lowest BCUT2D eigenvalue weighted by Gasteiger charge is -2.12. The molecule has 0 unspecified atom stereocenters. The number of nitrogens with two attached hydrogens (primary N) is 2. The van der Waals surface area contributed by atoms with Gasteiger partial charge in [0.15, 0.2) is 5.65 Å². The highest BCUT2D eigenvalue weighted by atomic mass is 16.1. The van der Waals surface area contributed by atoms with Crippen molar-refractivity contribution < 1.29 is 4.79 Å². The van der Waals surface area contributed by atoms with Crippen molar-refractivity contribution in [3.05, 3.63) is 48.5 Å². The van der Waals surface area contributed by atoms with Crippen LogP contribution >= 0.6 is 0 Å². The Labute approximate surface area is 124 Å². The first-order chi connectivity index (χ1) is 10.7. The van der Waals surface area contributed by atoms with Crippen LogP contribution in [0.3, 0.4) is 0 Å². The summed E-state index contributed by atoms with van der Waals surface area (Å²) in [5, 5.41) is 7.89. The van der Waals surface area contributed by atoms with Crippen molar-refractivity contribution in [2.75, 3.05) is 5.73 Å². The molecule has 0 fully saturated rings. The Morgan fingerprint density at radius 2 is 2.14 bits per heavy atom. The maximum atomic E-state index is 11.8. The average molecular weight is 292 g/mol. The number of anilines is 1. The summed E-state index contributed by atoms with van der Waals surface area (Å²) < 4.78 is 1.74. The molecular formula is C15H12N6O. The highest BCUT2D eigenvalue weighted by molar-refractivity contribution is 6.08. The predicted octanol–water partition coefficient (Wildman–Crippen LogP) is 1.56. The number of benzene rings is 1. The van der Waals surface area contributed by atoms with Gasteiger partial charge in [-0.05, 0) is 11.6 Å². The van der Waals surface area contributed by atoms with Gasteiger partial charge in [-0.1, -0.05) is 12.1 Å². The Hall–Kier alpha value is -3.35. The highest BCUT2D eigenvalue weighted by Gasteiger charge is 2.19. The lowest BCUT2D eigenvalue weighted by atomic mass is 9.99. The molecule has 3 aromatic heterocycles. The van der Waals surface area contributed by atoms with Gasteiger partial charge in [0.25, 0.3) is 5.91 Å². The van der Waals surface area contributed by atoms with Gasteiger partial charge in [0, 0.05) is 29.5 Å². The highest BCUT2D eigenvalue weighted by Crippen LogP contribution is 2.34. The van der Waals surface area contributed by atoms with E-state index in [0.29, 0.717) is 16.9 Å². The second kappa shape index (κ2) is 4.32. The number of rotatable bonds is 2. The molecule has 22 heavy (non-hydrogen) atoms. The van der Waals surface area contributed by atoms with Gasteiger partial charge in [-0.3, -0.25) is 9.89 Å². The number of aromatic nitrogens is 4. The summed E-state index contributed by atoms with van der Waals surface area (Å²) in [4.78, 5) is 16.0. The first-order valence-electron chi connectivity index (χ1n) is 6.64. The van der Waals surface area contributed by atoms with E-state index in [2.05, 4.69) is 15.2 Å². The molecule has 0 saturated carbocycles. The van der Waals surface area contributed by atoms with Crippen molar-refractivity contribution in [3.8, 4) is 11.1 Å². The van der Waals surface area contributed by atoms with Crippen LogP contribution in [0.5, 0.6) is 0 Å². The molecule has 3 heterocycles. The number of pyridine rings is 1. The van der Waals surface area contributed by atoms with E-state index in [1.807, 2.05) is 24.4 Å². The van der Waals surface area contributed by atoms with Gasteiger partial charge in [0.1, 0.15) is 5.56 Å². The smallest absolute Gasteiger partial charge is 0.254 e. The zero-order valence-corrected chi connectivity index (χ0v) is 11.4. The molecule has 5 N–H and O–H groups in total. The summed E-state index contributed by atoms with van der Waals surface area (Å²) in [6.45, 7) is 0. The summed E-state index contributed by atoms with van der Waals surface area (Å²) in [5.74, 6) is -0.602. The van der Waals surface area contributed by atoms with E-state index >= 15 is 0 Å². The van der Waals surface area contributed by atoms with Crippen molar-refractivity contribution in [2.24, 2.45) is 5.73 Å². The number of imidazole rings is 1. The standard InChI is InChI=1S/C15H12N6O/c16-13-10(8-2-1-3-11-9(8)6-19-20-11)7-21-5-4-18-15(21)12(13)14(17)22/h1-7H,16H2,(H2,17,22)(H,19,20). The number of hydrogen-bond acceptors (Lipinski definition) is 4. The van der Waals surface area contributed by atoms with Crippen LogP contribution < -0.4 is 11.5 Å². The van der Waals surface area contributed by atoms with Crippen LogP contribution in [0.1, 0.15) is 10.4 Å². The van der Waals surface area contributed by atoms with Gasteiger partial charge in [-0.15, -0.1) is 0 Å². The van der Waals surface area contributed by atoms with E-state index in [1.54, 1.807) is 23.0 Å². The normalized spacial score (nSPS) is 11.3. The lowest BCUT2D eigenvalue weighted by molar-refractivity contribution is 0.100. The zero-order chi connectivity index (χ0) is 15.3. The number of amides is 1. The quantitative estimate of drug-likeness (QED) is 0.520. The van der Waals surface area contributed by atoms with Gasteiger partial charge >= 0.3 is 0 Å². The van der Waals surface area contributed by atoms with Gasteiger partial charge < -0.3 is 15.9 Å². The van der Waals surface area contributed by atoms with Gasteiger partial charge in [0.05, 0.1) is 17.4 Å². The maximum Gasteiger partial charge on any atom is 0.254 e. The summed E-state index contributed by atoms with van der Waals surface area (Å²) in [6, 6.07) is 5.75. The van der Waals surface area contributed by atoms with Gasteiger partial charge in [-0.25, -0.2) is 4.98 Å². The number of H-pyrrole nitrogens is 1. The van der Waals surface area contributed by atoms with Crippen LogP contribution in [0.2, 0.25) is 0 Å². The Morgan fingerprint density at radius 3 is 2.95 bits per heavy atom. The van der Waals surface area contributed by atoms with E-state index in [0.717, 1.165) is 16.5 Å². The number of nitrogens with zero attached hydrogens (tertiary/aromatic N) is 3. The molecule has 4 rings (SSSR count). The van der Waals surface area contributed by atoms with Crippen LogP contribution in [0.25, 0.3) is 27.7 Å². The number of nitrogens with one attached hydrogen (secondary N) is 1. The minimum atomic E-state index is -0.602. The largest absolute Gasteiger partial charge is 0.397 e. The Kier molecular flexibility index (Phi) is 2.43. The number of carbonyl (C=O) groups is 1. The summed E-state index contributed by atoms with van der Waals surface area (Å²) in [7, 11) is 0. The lowest BCUT2D eigenvalue weighted by Crippen LogP contribution is -2.16. The third-order valence-electron chi connectivity index (χ3n) is 3.74. The molecule has 0 spiro atoms. The van der Waals surface area contributed by atoms with Crippen molar-refractivity contribution >= 4 is 28.1 Å². The molecule has 0 radical (unpaired) electrons. The zero-order valence-electron chi connectivity index (χ0n) is 11.4. The molecule has 0 saturated heterocycles. The molecule has 7 nitrogen and oxygen atoms in total. The predicted molar refractivity (Wildman–Crippen MR) is 83.2 cm³/mol. The molecule has 1 aromatic carbocycles. The number of aromatic amines is 1. The van der Waals surface area contributed by atoms with Crippen LogP contribution in [0, 0.1) is 0 Å². The first-order valence-corrected chi connectivity index (χ1v) is 6.64. The van der Waals surface area contributed by atoms with Crippen LogP contribution in [-0.2, 0) is 0 Å². The van der Waals surface area contributed by atoms with E-state index in [-0.39, 0.29) is 5.56 Å². The molecule has 0 bridgehead atoms. The van der Waals surface area contributed by atoms with E-state index in [9.17, 15) is 4.79 Å². The minimum absolute atomic E-state index is 0.225. The molecular weight excluding hydrogens is 280 g/mol. The fourth-order valence-electron chi connectivity index (χ4n) is 2.74. The molecule has 0 aliphatic heterocycles. The summed E-state index contributed by atoms with van der Waals surface area (Å²) in [6.07, 6.45) is 6.92. The number of primary amides is 1. The number of nitrogen functional groups attached to an aromatic ring is 1. The minimum Gasteiger partial charge on any atom is -0.397 e. The number of hydrogen-bond donors (Lipinski definition) is 3. The second-order valence-electron chi connectivity index (χ2n) is 4.99. The van der Waals surface area contributed by atoms with Crippen LogP contribution in [-0.4, -0.2) is 25.5 Å². The third kappa shape index (κ3) is 1.59. The summed E-state index contributed by atoms with van der Waals surface area (Å²) >= 11 is 0. The van der Waals surface area contributed by atoms with E-state index in [1.165, 1.54) is 0 Å². The molecule has 4 aromatic rings. The Bertz CT molecular complexity index is 1030. The van der Waals surface area contributed by atoms with E-state index in [4.69, 9.17) is 11.5 Å². The van der Waals surface area contributed by atoms with Crippen molar-refractivity contribution in [1.29, 1.82) is 0 Å². The fourth-order valence-corrected chi connectivity index (χ4v) is 2.74. The van der Waals surface area contributed by atoms with Crippen LogP contribution in [0.4, 0.5) is 5.69 Å². The van der Waals surface area contributed by atoms with Crippen LogP contribution in [0.15, 0.2) is 43.0 Å². The molecule has 0 atom stereocenters. The van der Waals surface area contributed by atoms with Gasteiger partial charge in [0.2, 0.25) is 0 Å². The van der Waals surface area contributed by atoms with Crippen molar-refractivity contribution in [3.63, 3.8) is 0 Å². The molecule has 0 aliphatic carbocycles. The first kappa shape index (κ1) is 12.4. The summed E-state index contributed by atoms with van der Waals surface area (Å²) in [5.41, 5.74) is 15.2. The monoisotopic (exact) mass is 292 g/mol. The molecule has 108 valence electrons. The Balaban J connectivity index is 2.13. The van der Waals surface area contributed by atoms with Crippen molar-refractivity contribution in [2.45, 2.75) is 0 Å². The fraction of sp³-hybridized carbons (Fsp3) is 0. The van der Waals surface area contributed by atoms with E-state index < -0.39 is 5.91 Å².